The van der Waals surface area contributed by atoms with Gasteiger partial charge in [-0.3, -0.25) is 0 Å². The van der Waals surface area contributed by atoms with E-state index < -0.39 is 0 Å². The monoisotopic (exact) mass is 308 g/mol. The van der Waals surface area contributed by atoms with Crippen LogP contribution in [0.4, 0.5) is 5.69 Å². The smallest absolute Gasteiger partial charge is 0.240 e. The van der Waals surface area contributed by atoms with Gasteiger partial charge < -0.3 is 15.2 Å². The molecule has 0 aliphatic rings. The summed E-state index contributed by atoms with van der Waals surface area (Å²) < 4.78 is 11.6. The number of hydrogen-bond donors (Lipinski definition) is 1. The summed E-state index contributed by atoms with van der Waals surface area (Å²) in [4.78, 5) is 4.15. The van der Waals surface area contributed by atoms with E-state index in [1.165, 1.54) is 0 Å². The van der Waals surface area contributed by atoms with Crippen molar-refractivity contribution in [3.05, 3.63) is 46.4 Å². The molecule has 0 aliphatic carbocycles. The number of ether oxygens (including phenoxy) is 2. The van der Waals surface area contributed by atoms with E-state index in [1.54, 1.807) is 19.2 Å². The van der Waals surface area contributed by atoms with Gasteiger partial charge in [0.25, 0.3) is 0 Å². The normalized spacial score (nSPS) is 10.1. The molecule has 94 valence electrons. The lowest BCUT2D eigenvalue weighted by Gasteiger charge is -2.09. The second-order valence-electron chi connectivity index (χ2n) is 3.67. The first-order chi connectivity index (χ1) is 8.69. The molecule has 0 saturated heterocycles. The van der Waals surface area contributed by atoms with Crippen LogP contribution in [0.1, 0.15) is 5.56 Å². The lowest BCUT2D eigenvalue weighted by atomic mass is 10.2. The van der Waals surface area contributed by atoms with Gasteiger partial charge in [0.05, 0.1) is 12.8 Å². The number of methoxy groups -OCH3 is 1. The minimum atomic E-state index is 0.384. The molecule has 0 radical (unpaired) electrons. The van der Waals surface area contributed by atoms with Crippen molar-refractivity contribution in [2.75, 3.05) is 12.8 Å². The predicted molar refractivity (Wildman–Crippen MR) is 73.7 cm³/mol. The van der Waals surface area contributed by atoms with Crippen molar-refractivity contribution in [2.45, 2.75) is 6.61 Å². The summed E-state index contributed by atoms with van der Waals surface area (Å²) in [6.45, 7) is 0.407. The number of nitrogens with two attached hydrogens (primary N) is 1. The first kappa shape index (κ1) is 12.7. The van der Waals surface area contributed by atoms with Crippen LogP contribution in [0.2, 0.25) is 0 Å². The van der Waals surface area contributed by atoms with Crippen molar-refractivity contribution in [3.8, 4) is 11.8 Å². The Labute approximate surface area is 114 Å². The van der Waals surface area contributed by atoms with Gasteiger partial charge in [0.15, 0.2) is 0 Å². The predicted octanol–water partition coefficient (Wildman–Crippen LogP) is 3.01. The molecule has 18 heavy (non-hydrogen) atoms. The van der Waals surface area contributed by atoms with Gasteiger partial charge in [0.1, 0.15) is 6.61 Å². The lowest BCUT2D eigenvalue weighted by Crippen LogP contribution is -2.01. The van der Waals surface area contributed by atoms with Crippen LogP contribution in [0.5, 0.6) is 11.8 Å². The fraction of sp³-hybridized carbons (Fsp3) is 0.154. The summed E-state index contributed by atoms with van der Waals surface area (Å²) >= 11 is 3.41. The molecule has 2 rings (SSSR count). The van der Waals surface area contributed by atoms with E-state index in [2.05, 4.69) is 20.9 Å². The van der Waals surface area contributed by atoms with Crippen molar-refractivity contribution in [1.29, 1.82) is 0 Å². The number of nitrogens with zero attached hydrogens (tertiary/aromatic N) is 1. The number of pyridine rings is 1. The van der Waals surface area contributed by atoms with Crippen LogP contribution >= 0.6 is 15.9 Å². The maximum Gasteiger partial charge on any atom is 0.240 e. The summed E-state index contributed by atoms with van der Waals surface area (Å²) in [5.41, 5.74) is 7.31. The number of hydrogen-bond acceptors (Lipinski definition) is 4. The van der Waals surface area contributed by atoms with Crippen molar-refractivity contribution < 1.29 is 9.47 Å². The maximum atomic E-state index is 5.79. The SMILES string of the molecule is COc1ccc(N)c(OCc2cccc(Br)c2)n1. The van der Waals surface area contributed by atoms with Crippen LogP contribution in [0.25, 0.3) is 0 Å². The van der Waals surface area contributed by atoms with Gasteiger partial charge in [-0.1, -0.05) is 28.1 Å². The number of benzene rings is 1. The summed E-state index contributed by atoms with van der Waals surface area (Å²) in [5, 5.41) is 0. The molecule has 2 N–H and O–H groups in total. The second-order valence-corrected chi connectivity index (χ2v) is 4.58. The molecule has 0 fully saturated rings. The number of rotatable bonds is 4. The van der Waals surface area contributed by atoms with Crippen molar-refractivity contribution in [3.63, 3.8) is 0 Å². The van der Waals surface area contributed by atoms with Crippen molar-refractivity contribution in [1.82, 2.24) is 4.98 Å². The van der Waals surface area contributed by atoms with Gasteiger partial charge in [-0.15, -0.1) is 0 Å². The van der Waals surface area contributed by atoms with E-state index in [9.17, 15) is 0 Å². The minimum absolute atomic E-state index is 0.384. The average Bonchev–Trinajstić information content (AvgIpc) is 2.38. The van der Waals surface area contributed by atoms with Gasteiger partial charge in [-0.05, 0) is 23.8 Å². The highest BCUT2D eigenvalue weighted by Crippen LogP contribution is 2.23. The van der Waals surface area contributed by atoms with E-state index in [4.69, 9.17) is 15.2 Å². The Morgan fingerprint density at radius 3 is 2.83 bits per heavy atom. The fourth-order valence-electron chi connectivity index (χ4n) is 1.44. The quantitative estimate of drug-likeness (QED) is 0.943. The third kappa shape index (κ3) is 3.13. The Morgan fingerprint density at radius 1 is 1.28 bits per heavy atom. The molecule has 0 amide bonds. The van der Waals surface area contributed by atoms with Gasteiger partial charge >= 0.3 is 0 Å². The third-order valence-electron chi connectivity index (χ3n) is 2.34. The zero-order valence-electron chi connectivity index (χ0n) is 9.89. The molecule has 4 nitrogen and oxygen atoms in total. The summed E-state index contributed by atoms with van der Waals surface area (Å²) in [6.07, 6.45) is 0. The van der Waals surface area contributed by atoms with Crippen molar-refractivity contribution in [2.24, 2.45) is 0 Å². The Kier molecular flexibility index (Phi) is 4.04. The van der Waals surface area contributed by atoms with Gasteiger partial charge in [-0.25, -0.2) is 0 Å². The molecule has 0 atom stereocenters. The molecule has 0 unspecified atom stereocenters. The van der Waals surface area contributed by atoms with Gasteiger partial charge in [0, 0.05) is 10.5 Å². The van der Waals surface area contributed by atoms with E-state index in [-0.39, 0.29) is 0 Å². The minimum Gasteiger partial charge on any atom is -0.481 e. The highest BCUT2D eigenvalue weighted by molar-refractivity contribution is 9.10. The van der Waals surface area contributed by atoms with Crippen LogP contribution in [-0.2, 0) is 6.61 Å². The summed E-state index contributed by atoms with van der Waals surface area (Å²) in [6, 6.07) is 11.3. The average molecular weight is 309 g/mol. The number of halogens is 1. The molecule has 0 spiro atoms. The van der Waals surface area contributed by atoms with E-state index in [1.807, 2.05) is 24.3 Å². The zero-order chi connectivity index (χ0) is 13.0. The largest absolute Gasteiger partial charge is 0.481 e. The molecular formula is C13H13BrN2O2. The first-order valence-corrected chi connectivity index (χ1v) is 6.16. The molecule has 1 aromatic carbocycles. The molecular weight excluding hydrogens is 296 g/mol. The third-order valence-corrected chi connectivity index (χ3v) is 2.83. The summed E-state index contributed by atoms with van der Waals surface area (Å²) in [5.74, 6) is 0.864. The number of nitrogen functional groups attached to an aromatic ring is 1. The topological polar surface area (TPSA) is 57.4 Å². The Bertz CT molecular complexity index is 546. The molecule has 0 aliphatic heterocycles. The van der Waals surface area contributed by atoms with Crippen LogP contribution in [-0.4, -0.2) is 12.1 Å². The van der Waals surface area contributed by atoms with Crippen LogP contribution < -0.4 is 15.2 Å². The Hall–Kier alpha value is -1.75. The Balaban J connectivity index is 2.10. The molecule has 1 heterocycles. The number of anilines is 1. The molecule has 1 aromatic heterocycles. The van der Waals surface area contributed by atoms with Crippen LogP contribution in [0, 0.1) is 0 Å². The maximum absolute atomic E-state index is 5.79. The molecule has 0 bridgehead atoms. The standard InChI is InChI=1S/C13H13BrN2O2/c1-17-12-6-5-11(15)13(16-12)18-8-9-3-2-4-10(14)7-9/h2-7H,8,15H2,1H3. The highest BCUT2D eigenvalue weighted by Gasteiger charge is 2.05. The van der Waals surface area contributed by atoms with Crippen molar-refractivity contribution >= 4 is 21.6 Å². The van der Waals surface area contributed by atoms with Gasteiger partial charge in [0.2, 0.25) is 11.8 Å². The van der Waals surface area contributed by atoms with E-state index in [0.717, 1.165) is 10.0 Å². The molecule has 5 heteroatoms. The Morgan fingerprint density at radius 2 is 2.11 bits per heavy atom. The van der Waals surface area contributed by atoms with Crippen LogP contribution in [0.3, 0.4) is 0 Å². The van der Waals surface area contributed by atoms with E-state index >= 15 is 0 Å². The first-order valence-electron chi connectivity index (χ1n) is 5.37. The zero-order valence-corrected chi connectivity index (χ0v) is 11.5. The van der Waals surface area contributed by atoms with Crippen LogP contribution in [0.15, 0.2) is 40.9 Å². The number of aromatic nitrogens is 1. The second kappa shape index (κ2) is 5.73. The fourth-order valence-corrected chi connectivity index (χ4v) is 1.89. The molecule has 2 aromatic rings. The highest BCUT2D eigenvalue weighted by atomic mass is 79.9. The van der Waals surface area contributed by atoms with Gasteiger partial charge in [-0.2, -0.15) is 4.98 Å². The molecule has 0 saturated carbocycles. The van der Waals surface area contributed by atoms with E-state index in [0.29, 0.717) is 24.1 Å². The summed E-state index contributed by atoms with van der Waals surface area (Å²) in [7, 11) is 1.55. The lowest BCUT2D eigenvalue weighted by molar-refractivity contribution is 0.289.